The molecule has 0 saturated heterocycles. The van der Waals surface area contributed by atoms with Crippen molar-refractivity contribution in [1.82, 2.24) is 0 Å². The number of benzene rings is 1. The monoisotopic (exact) mass is 236 g/mol. The van der Waals surface area contributed by atoms with Gasteiger partial charge in [-0.15, -0.1) is 0 Å². The van der Waals surface area contributed by atoms with Crippen molar-refractivity contribution in [2.24, 2.45) is 0 Å². The molecule has 0 spiro atoms. The number of hydrogen-bond acceptors (Lipinski definition) is 3. The summed E-state index contributed by atoms with van der Waals surface area (Å²) in [6, 6.07) is 7.54. The van der Waals surface area contributed by atoms with Crippen molar-refractivity contribution >= 4 is 5.78 Å². The molecular formula is C14H20O3. The number of carbonyl (C=O) groups is 1. The maximum Gasteiger partial charge on any atom is 0.165 e. The van der Waals surface area contributed by atoms with Crippen molar-refractivity contribution in [2.75, 3.05) is 13.2 Å². The molecule has 1 aromatic rings. The van der Waals surface area contributed by atoms with Gasteiger partial charge in [0, 0.05) is 13.0 Å². The summed E-state index contributed by atoms with van der Waals surface area (Å²) in [4.78, 5) is 11.8. The maximum atomic E-state index is 11.8. The highest BCUT2D eigenvalue weighted by atomic mass is 16.5. The van der Waals surface area contributed by atoms with E-state index in [2.05, 4.69) is 0 Å². The molecule has 0 bridgehead atoms. The molecule has 1 unspecified atom stereocenters. The van der Waals surface area contributed by atoms with Crippen LogP contribution >= 0.6 is 0 Å². The lowest BCUT2D eigenvalue weighted by Crippen LogP contribution is -2.15. The van der Waals surface area contributed by atoms with Crippen LogP contribution in [0.25, 0.3) is 0 Å². The topological polar surface area (TPSA) is 35.5 Å². The SMILES string of the molecule is CCOc1cccc(C(OCC)C(=O)CC)c1. The Hall–Kier alpha value is -1.35. The highest BCUT2D eigenvalue weighted by Crippen LogP contribution is 2.24. The van der Waals surface area contributed by atoms with Gasteiger partial charge in [0.2, 0.25) is 0 Å². The van der Waals surface area contributed by atoms with Gasteiger partial charge in [-0.3, -0.25) is 4.79 Å². The molecule has 0 radical (unpaired) electrons. The first-order valence-corrected chi connectivity index (χ1v) is 6.09. The van der Waals surface area contributed by atoms with Crippen LogP contribution in [0.4, 0.5) is 0 Å². The van der Waals surface area contributed by atoms with Crippen LogP contribution in [0.3, 0.4) is 0 Å². The highest BCUT2D eigenvalue weighted by Gasteiger charge is 2.19. The Morgan fingerprint density at radius 2 is 2.00 bits per heavy atom. The molecule has 0 aliphatic rings. The third-order valence-corrected chi connectivity index (χ3v) is 2.45. The standard InChI is InChI=1S/C14H20O3/c1-4-13(15)14(17-6-3)11-8-7-9-12(10-11)16-5-2/h7-10,14H,4-6H2,1-3H3. The molecule has 0 saturated carbocycles. The van der Waals surface area contributed by atoms with E-state index in [-0.39, 0.29) is 5.78 Å². The smallest absolute Gasteiger partial charge is 0.165 e. The summed E-state index contributed by atoms with van der Waals surface area (Å²) < 4.78 is 10.9. The summed E-state index contributed by atoms with van der Waals surface area (Å²) in [5, 5.41) is 0. The van der Waals surface area contributed by atoms with Gasteiger partial charge in [0.1, 0.15) is 11.9 Å². The fourth-order valence-corrected chi connectivity index (χ4v) is 1.66. The van der Waals surface area contributed by atoms with Crippen LogP contribution < -0.4 is 4.74 Å². The van der Waals surface area contributed by atoms with Crippen LogP contribution in [0.15, 0.2) is 24.3 Å². The molecule has 0 amide bonds. The van der Waals surface area contributed by atoms with Crippen molar-refractivity contribution in [1.29, 1.82) is 0 Å². The summed E-state index contributed by atoms with van der Waals surface area (Å²) in [7, 11) is 0. The normalized spacial score (nSPS) is 12.2. The number of ketones is 1. The van der Waals surface area contributed by atoms with Crippen molar-refractivity contribution in [3.05, 3.63) is 29.8 Å². The van der Waals surface area contributed by atoms with Gasteiger partial charge in [0.25, 0.3) is 0 Å². The van der Waals surface area contributed by atoms with Crippen molar-refractivity contribution in [3.63, 3.8) is 0 Å². The third-order valence-electron chi connectivity index (χ3n) is 2.45. The van der Waals surface area contributed by atoms with E-state index < -0.39 is 6.10 Å². The van der Waals surface area contributed by atoms with Gasteiger partial charge < -0.3 is 9.47 Å². The van der Waals surface area contributed by atoms with Crippen LogP contribution in [0.1, 0.15) is 38.9 Å². The molecule has 0 aliphatic heterocycles. The average molecular weight is 236 g/mol. The van der Waals surface area contributed by atoms with Crippen LogP contribution in [0.5, 0.6) is 5.75 Å². The largest absolute Gasteiger partial charge is 0.494 e. The predicted octanol–water partition coefficient (Wildman–Crippen LogP) is 3.14. The fourth-order valence-electron chi connectivity index (χ4n) is 1.66. The van der Waals surface area contributed by atoms with Crippen LogP contribution in [-0.2, 0) is 9.53 Å². The highest BCUT2D eigenvalue weighted by molar-refractivity contribution is 5.84. The second-order valence-electron chi connectivity index (χ2n) is 3.66. The van der Waals surface area contributed by atoms with E-state index in [4.69, 9.17) is 9.47 Å². The molecule has 0 aliphatic carbocycles. The molecule has 1 atom stereocenters. The first-order chi connectivity index (χ1) is 8.22. The van der Waals surface area contributed by atoms with Gasteiger partial charge in [-0.25, -0.2) is 0 Å². The van der Waals surface area contributed by atoms with E-state index in [9.17, 15) is 4.79 Å². The lowest BCUT2D eigenvalue weighted by atomic mass is 10.0. The molecule has 0 N–H and O–H groups in total. The van der Waals surface area contributed by atoms with E-state index in [0.29, 0.717) is 19.6 Å². The molecular weight excluding hydrogens is 216 g/mol. The summed E-state index contributed by atoms with van der Waals surface area (Å²) >= 11 is 0. The summed E-state index contributed by atoms with van der Waals surface area (Å²) in [6.07, 6.45) is 0.00851. The van der Waals surface area contributed by atoms with Crippen molar-refractivity contribution < 1.29 is 14.3 Å². The predicted molar refractivity (Wildman–Crippen MR) is 67.3 cm³/mol. The van der Waals surface area contributed by atoms with E-state index in [1.807, 2.05) is 45.0 Å². The summed E-state index contributed by atoms with van der Waals surface area (Å²) in [6.45, 7) is 6.81. The van der Waals surface area contributed by atoms with Crippen molar-refractivity contribution in [3.8, 4) is 5.75 Å². The molecule has 17 heavy (non-hydrogen) atoms. The Morgan fingerprint density at radius 1 is 1.24 bits per heavy atom. The van der Waals surface area contributed by atoms with E-state index in [0.717, 1.165) is 11.3 Å². The van der Waals surface area contributed by atoms with Gasteiger partial charge in [0.15, 0.2) is 5.78 Å². The zero-order valence-electron chi connectivity index (χ0n) is 10.7. The van der Waals surface area contributed by atoms with Gasteiger partial charge in [-0.05, 0) is 31.5 Å². The summed E-state index contributed by atoms with van der Waals surface area (Å²) in [5.74, 6) is 0.874. The number of ether oxygens (including phenoxy) is 2. The van der Waals surface area contributed by atoms with Gasteiger partial charge >= 0.3 is 0 Å². The number of rotatable bonds is 7. The van der Waals surface area contributed by atoms with Crippen LogP contribution in [0.2, 0.25) is 0 Å². The van der Waals surface area contributed by atoms with Gasteiger partial charge in [-0.2, -0.15) is 0 Å². The molecule has 0 heterocycles. The maximum absolute atomic E-state index is 11.8. The lowest BCUT2D eigenvalue weighted by molar-refractivity contribution is -0.130. The Kier molecular flexibility index (Phi) is 5.70. The molecule has 94 valence electrons. The molecule has 0 fully saturated rings. The Bertz CT molecular complexity index is 360. The minimum Gasteiger partial charge on any atom is -0.494 e. The quantitative estimate of drug-likeness (QED) is 0.729. The van der Waals surface area contributed by atoms with Crippen LogP contribution in [0, 0.1) is 0 Å². The fraction of sp³-hybridized carbons (Fsp3) is 0.500. The molecule has 3 nitrogen and oxygen atoms in total. The average Bonchev–Trinajstić information content (AvgIpc) is 2.36. The minimum absolute atomic E-state index is 0.0977. The van der Waals surface area contributed by atoms with E-state index in [1.54, 1.807) is 0 Å². The minimum atomic E-state index is -0.467. The zero-order valence-corrected chi connectivity index (χ0v) is 10.7. The molecule has 1 aromatic carbocycles. The third kappa shape index (κ3) is 3.86. The Labute approximate surface area is 103 Å². The Balaban J connectivity index is 2.92. The van der Waals surface area contributed by atoms with Crippen molar-refractivity contribution in [2.45, 2.75) is 33.3 Å². The molecule has 1 rings (SSSR count). The first kappa shape index (κ1) is 13.7. The molecule has 0 aromatic heterocycles. The Morgan fingerprint density at radius 3 is 2.59 bits per heavy atom. The zero-order chi connectivity index (χ0) is 12.7. The van der Waals surface area contributed by atoms with E-state index >= 15 is 0 Å². The lowest BCUT2D eigenvalue weighted by Gasteiger charge is -2.16. The number of hydrogen-bond donors (Lipinski definition) is 0. The summed E-state index contributed by atoms with van der Waals surface area (Å²) in [5.41, 5.74) is 0.865. The van der Waals surface area contributed by atoms with Gasteiger partial charge in [0.05, 0.1) is 6.61 Å². The number of carbonyl (C=O) groups excluding carboxylic acids is 1. The number of Topliss-reactive ketones (excluding diaryl/α,β-unsaturated/α-hetero) is 1. The second kappa shape index (κ2) is 7.07. The van der Waals surface area contributed by atoms with Gasteiger partial charge in [-0.1, -0.05) is 19.1 Å². The van der Waals surface area contributed by atoms with E-state index in [1.165, 1.54) is 0 Å². The van der Waals surface area contributed by atoms with Crippen LogP contribution in [-0.4, -0.2) is 19.0 Å². The molecule has 3 heteroatoms. The first-order valence-electron chi connectivity index (χ1n) is 6.09. The second-order valence-corrected chi connectivity index (χ2v) is 3.66.